The summed E-state index contributed by atoms with van der Waals surface area (Å²) >= 11 is 0. The second-order valence-electron chi connectivity index (χ2n) is 6.78. The van der Waals surface area contributed by atoms with Crippen LogP contribution in [0.4, 0.5) is 0 Å². The van der Waals surface area contributed by atoms with Gasteiger partial charge in [-0.1, -0.05) is 32.6 Å². The van der Waals surface area contributed by atoms with E-state index in [9.17, 15) is 0 Å². The van der Waals surface area contributed by atoms with E-state index in [1.807, 2.05) is 0 Å². The van der Waals surface area contributed by atoms with E-state index in [2.05, 4.69) is 36.1 Å². The van der Waals surface area contributed by atoms with Crippen LogP contribution in [0.2, 0.25) is 0 Å². The number of hydrogen-bond acceptors (Lipinski definition) is 3. The Morgan fingerprint density at radius 1 is 1.00 bits per heavy atom. The van der Waals surface area contributed by atoms with E-state index in [1.54, 1.807) is 0 Å². The Morgan fingerprint density at radius 2 is 1.65 bits per heavy atom. The number of hydrogen-bond donors (Lipinski definition) is 1. The first-order valence-corrected chi connectivity index (χ1v) is 8.87. The highest BCUT2D eigenvalue weighted by molar-refractivity contribution is 4.89. The molecular formula is C17H35N3. The van der Waals surface area contributed by atoms with Crippen molar-refractivity contribution in [2.24, 2.45) is 0 Å². The largest absolute Gasteiger partial charge is 0.315 e. The van der Waals surface area contributed by atoms with Crippen molar-refractivity contribution < 1.29 is 0 Å². The monoisotopic (exact) mass is 281 g/mol. The molecule has 0 aromatic rings. The van der Waals surface area contributed by atoms with Crippen molar-refractivity contribution in [2.75, 3.05) is 33.7 Å². The van der Waals surface area contributed by atoms with Crippen molar-refractivity contribution >= 4 is 0 Å². The molecular weight excluding hydrogens is 246 g/mol. The second-order valence-corrected chi connectivity index (χ2v) is 6.78. The third kappa shape index (κ3) is 4.19. The van der Waals surface area contributed by atoms with Crippen LogP contribution in [0.25, 0.3) is 0 Å². The van der Waals surface area contributed by atoms with E-state index in [0.29, 0.717) is 6.04 Å². The highest BCUT2D eigenvalue weighted by atomic mass is 15.2. The molecule has 3 nitrogen and oxygen atoms in total. The van der Waals surface area contributed by atoms with E-state index in [1.165, 1.54) is 71.0 Å². The number of nitrogens with one attached hydrogen (secondary N) is 1. The molecule has 0 aromatic heterocycles. The molecule has 1 N–H and O–H groups in total. The molecule has 2 atom stereocenters. The van der Waals surface area contributed by atoms with Crippen molar-refractivity contribution in [3.8, 4) is 0 Å². The fraction of sp³-hybridized carbons (Fsp3) is 1.00. The number of likely N-dealkylation sites (N-methyl/N-ethyl adjacent to an activating group) is 2. The van der Waals surface area contributed by atoms with E-state index >= 15 is 0 Å². The molecule has 0 amide bonds. The van der Waals surface area contributed by atoms with Gasteiger partial charge in [0.2, 0.25) is 0 Å². The molecule has 0 radical (unpaired) electrons. The summed E-state index contributed by atoms with van der Waals surface area (Å²) in [7, 11) is 4.55. The van der Waals surface area contributed by atoms with Gasteiger partial charge in [0.1, 0.15) is 0 Å². The van der Waals surface area contributed by atoms with Gasteiger partial charge in [-0.25, -0.2) is 0 Å². The molecule has 0 bridgehead atoms. The van der Waals surface area contributed by atoms with Crippen LogP contribution >= 0.6 is 0 Å². The van der Waals surface area contributed by atoms with E-state index in [0.717, 1.165) is 12.1 Å². The third-order valence-electron chi connectivity index (χ3n) is 5.70. The molecule has 0 aromatic carbocycles. The van der Waals surface area contributed by atoms with Gasteiger partial charge in [-0.2, -0.15) is 0 Å². The predicted octanol–water partition coefficient (Wildman–Crippen LogP) is 2.71. The maximum atomic E-state index is 3.61. The summed E-state index contributed by atoms with van der Waals surface area (Å²) in [6, 6.07) is 2.25. The average Bonchev–Trinajstić information content (AvgIpc) is 2.47. The lowest BCUT2D eigenvalue weighted by Crippen LogP contribution is -2.54. The second kappa shape index (κ2) is 8.35. The minimum absolute atomic E-state index is 0.699. The van der Waals surface area contributed by atoms with Crippen LogP contribution in [-0.4, -0.2) is 61.7 Å². The van der Waals surface area contributed by atoms with Crippen LogP contribution in [0.3, 0.4) is 0 Å². The minimum Gasteiger partial charge on any atom is -0.315 e. The van der Waals surface area contributed by atoms with Gasteiger partial charge in [-0.05, 0) is 59.4 Å². The Labute approximate surface area is 126 Å². The van der Waals surface area contributed by atoms with E-state index in [4.69, 9.17) is 0 Å². The minimum atomic E-state index is 0.699. The Bertz CT molecular complexity index is 261. The number of likely N-dealkylation sites (tertiary alicyclic amines) is 1. The number of rotatable bonds is 4. The van der Waals surface area contributed by atoms with Crippen LogP contribution in [0.1, 0.15) is 58.3 Å². The first-order valence-electron chi connectivity index (χ1n) is 8.87. The normalized spacial score (nSPS) is 31.2. The average molecular weight is 281 g/mol. The van der Waals surface area contributed by atoms with Gasteiger partial charge in [0.25, 0.3) is 0 Å². The van der Waals surface area contributed by atoms with Crippen LogP contribution in [0.15, 0.2) is 0 Å². The maximum Gasteiger partial charge on any atom is 0.0249 e. The van der Waals surface area contributed by atoms with E-state index < -0.39 is 0 Å². The molecule has 1 saturated carbocycles. The van der Waals surface area contributed by atoms with Crippen molar-refractivity contribution in [1.29, 1.82) is 0 Å². The van der Waals surface area contributed by atoms with Crippen molar-refractivity contribution in [1.82, 2.24) is 15.1 Å². The molecule has 1 heterocycles. The molecule has 1 saturated heterocycles. The van der Waals surface area contributed by atoms with Crippen molar-refractivity contribution in [3.63, 3.8) is 0 Å². The third-order valence-corrected chi connectivity index (χ3v) is 5.70. The number of nitrogens with zero attached hydrogens (tertiary/aromatic N) is 2. The zero-order chi connectivity index (χ0) is 14.4. The molecule has 20 heavy (non-hydrogen) atoms. The Balaban J connectivity index is 1.92. The van der Waals surface area contributed by atoms with Crippen LogP contribution in [0.5, 0.6) is 0 Å². The Morgan fingerprint density at radius 3 is 2.25 bits per heavy atom. The smallest absolute Gasteiger partial charge is 0.0249 e. The lowest BCUT2D eigenvalue weighted by molar-refractivity contribution is 0.0724. The zero-order valence-electron chi connectivity index (χ0n) is 13.9. The summed E-state index contributed by atoms with van der Waals surface area (Å²) in [5.74, 6) is 0. The van der Waals surface area contributed by atoms with E-state index in [-0.39, 0.29) is 0 Å². The van der Waals surface area contributed by atoms with Crippen LogP contribution in [0, 0.1) is 0 Å². The molecule has 2 rings (SSSR count). The predicted molar refractivity (Wildman–Crippen MR) is 87.2 cm³/mol. The number of piperidine rings is 1. The molecule has 2 fully saturated rings. The van der Waals surface area contributed by atoms with Crippen molar-refractivity contribution in [2.45, 2.75) is 76.4 Å². The lowest BCUT2D eigenvalue weighted by atomic mass is 9.89. The molecule has 118 valence electrons. The molecule has 1 aliphatic carbocycles. The summed E-state index contributed by atoms with van der Waals surface area (Å²) in [5.41, 5.74) is 0. The highest BCUT2D eigenvalue weighted by Crippen LogP contribution is 2.25. The highest BCUT2D eigenvalue weighted by Gasteiger charge is 2.30. The molecule has 0 spiro atoms. The Kier molecular flexibility index (Phi) is 6.79. The van der Waals surface area contributed by atoms with Gasteiger partial charge in [-0.15, -0.1) is 0 Å². The quantitative estimate of drug-likeness (QED) is 0.855. The van der Waals surface area contributed by atoms with Crippen LogP contribution in [-0.2, 0) is 0 Å². The van der Waals surface area contributed by atoms with Crippen molar-refractivity contribution in [3.05, 3.63) is 0 Å². The summed E-state index contributed by atoms with van der Waals surface area (Å²) in [4.78, 5) is 5.33. The molecule has 1 aliphatic heterocycles. The van der Waals surface area contributed by atoms with Gasteiger partial charge >= 0.3 is 0 Å². The van der Waals surface area contributed by atoms with Gasteiger partial charge in [-0.3, -0.25) is 4.90 Å². The summed E-state index contributed by atoms with van der Waals surface area (Å²) in [6.07, 6.45) is 11.2. The maximum absolute atomic E-state index is 3.61. The van der Waals surface area contributed by atoms with Gasteiger partial charge < -0.3 is 10.2 Å². The molecule has 2 aliphatic rings. The topological polar surface area (TPSA) is 18.5 Å². The summed E-state index contributed by atoms with van der Waals surface area (Å²) in [5, 5.41) is 3.61. The standard InChI is InChI=1S/C17H35N3/c1-4-20-13-11-15(12-14-20)19(3)17-10-8-6-5-7-9-16(17)18-2/h15-18H,4-14H2,1-3H3. The fourth-order valence-corrected chi connectivity index (χ4v) is 4.20. The molecule has 2 unspecified atom stereocenters. The lowest BCUT2D eigenvalue weighted by Gasteiger charge is -2.43. The molecule has 3 heteroatoms. The van der Waals surface area contributed by atoms with Gasteiger partial charge in [0, 0.05) is 18.1 Å². The summed E-state index contributed by atoms with van der Waals surface area (Å²) in [6.45, 7) is 6.10. The fourth-order valence-electron chi connectivity index (χ4n) is 4.20. The van der Waals surface area contributed by atoms with Crippen LogP contribution < -0.4 is 5.32 Å². The first-order chi connectivity index (χ1) is 9.76. The SMILES string of the molecule is CCN1CCC(N(C)C2CCCCCCC2NC)CC1. The Hall–Kier alpha value is -0.120. The first kappa shape index (κ1) is 16.3. The van der Waals surface area contributed by atoms with Gasteiger partial charge in [0.05, 0.1) is 0 Å². The zero-order valence-corrected chi connectivity index (χ0v) is 13.9. The summed E-state index contributed by atoms with van der Waals surface area (Å²) < 4.78 is 0. The van der Waals surface area contributed by atoms with Gasteiger partial charge in [0.15, 0.2) is 0 Å².